The van der Waals surface area contributed by atoms with Gasteiger partial charge in [-0.1, -0.05) is 12.5 Å². The quantitative estimate of drug-likeness (QED) is 0.211. The van der Waals surface area contributed by atoms with Crippen LogP contribution in [0, 0.1) is 11.8 Å². The zero-order chi connectivity index (χ0) is 40.6. The number of rotatable bonds is 11. The summed E-state index contributed by atoms with van der Waals surface area (Å²) in [5, 5.41) is 24.1. The molecule has 0 saturated carbocycles. The van der Waals surface area contributed by atoms with E-state index in [0.29, 0.717) is 98.9 Å². The molecule has 3 aromatic rings. The molecule has 3 atom stereocenters. The van der Waals surface area contributed by atoms with Crippen molar-refractivity contribution >= 4 is 22.7 Å². The molecule has 17 heteroatoms. The number of benzene rings is 1. The third-order valence-corrected chi connectivity index (χ3v) is 12.0. The van der Waals surface area contributed by atoms with Crippen LogP contribution in [0.3, 0.4) is 0 Å². The van der Waals surface area contributed by atoms with E-state index in [2.05, 4.69) is 30.6 Å². The zero-order valence-corrected chi connectivity index (χ0v) is 32.7. The number of likely N-dealkylation sites (tertiary alicyclic amines) is 1. The number of halogens is 3. The van der Waals surface area contributed by atoms with Crippen molar-refractivity contribution in [1.29, 1.82) is 0 Å². The highest BCUT2D eigenvalue weighted by Gasteiger charge is 2.41. The first kappa shape index (κ1) is 40.5. The summed E-state index contributed by atoms with van der Waals surface area (Å²) in [6, 6.07) is 3.14. The van der Waals surface area contributed by atoms with Crippen LogP contribution >= 0.6 is 0 Å². The average Bonchev–Trinajstić information content (AvgIpc) is 3.68. The summed E-state index contributed by atoms with van der Waals surface area (Å²) in [6.07, 6.45) is 1.07. The Morgan fingerprint density at radius 1 is 1.00 bits per heavy atom. The number of nitrogens with zero attached hydrogens (tertiary/aromatic N) is 5. The molecule has 308 valence electrons. The molecule has 2 aromatic heterocycles. The number of methoxy groups -OCH3 is 2. The monoisotopic (exact) mass is 796 g/mol. The van der Waals surface area contributed by atoms with Crippen LogP contribution in [0.15, 0.2) is 52.2 Å². The molecule has 57 heavy (non-hydrogen) atoms. The number of nitrogens with one attached hydrogen (secondary N) is 3. The number of hydrogen-bond donors (Lipinski definition) is 4. The maximum Gasteiger partial charge on any atom is 0.416 e. The van der Waals surface area contributed by atoms with Crippen molar-refractivity contribution in [2.75, 3.05) is 60.0 Å². The lowest BCUT2D eigenvalue weighted by Crippen LogP contribution is -2.53. The van der Waals surface area contributed by atoms with Gasteiger partial charge in [0.1, 0.15) is 29.3 Å². The predicted octanol–water partition coefficient (Wildman–Crippen LogP) is 3.27. The number of β-amino-alcohol motifs (C(OH)–C–C–N with tert-alkyl or cyclic N) is 1. The second-order valence-corrected chi connectivity index (χ2v) is 15.6. The van der Waals surface area contributed by atoms with Crippen molar-refractivity contribution < 1.29 is 37.3 Å². The van der Waals surface area contributed by atoms with Crippen LogP contribution in [0.4, 0.5) is 13.2 Å². The Hall–Kier alpha value is -4.71. The first-order valence-electron chi connectivity index (χ1n) is 19.5. The summed E-state index contributed by atoms with van der Waals surface area (Å²) in [5.41, 5.74) is 2.91. The number of aryl methyl sites for hydroxylation is 1. The van der Waals surface area contributed by atoms with Crippen molar-refractivity contribution in [2.45, 2.75) is 64.0 Å². The number of aliphatic hydroxyl groups excluding tert-OH is 1. The Balaban J connectivity index is 0.941. The molecule has 1 aliphatic carbocycles. The van der Waals surface area contributed by atoms with Gasteiger partial charge in [-0.15, -0.1) is 0 Å². The van der Waals surface area contributed by atoms with Crippen LogP contribution in [-0.2, 0) is 23.2 Å². The molecule has 5 heterocycles. The van der Waals surface area contributed by atoms with E-state index < -0.39 is 29.9 Å². The van der Waals surface area contributed by atoms with Gasteiger partial charge in [-0.2, -0.15) is 18.3 Å². The molecule has 3 saturated heterocycles. The van der Waals surface area contributed by atoms with E-state index in [1.165, 1.54) is 10.6 Å². The van der Waals surface area contributed by atoms with E-state index in [0.717, 1.165) is 16.7 Å². The van der Waals surface area contributed by atoms with E-state index in [1.807, 2.05) is 24.0 Å². The van der Waals surface area contributed by atoms with Gasteiger partial charge < -0.3 is 24.5 Å². The first-order valence-corrected chi connectivity index (χ1v) is 19.5. The minimum atomic E-state index is -4.54. The number of fused-ring (bicyclic) bond motifs is 1. The number of carbonyl (C=O) groups excluding carboxylic acids is 2. The van der Waals surface area contributed by atoms with Crippen LogP contribution in [0.1, 0.15) is 44.6 Å². The van der Waals surface area contributed by atoms with Crippen LogP contribution in [0.25, 0.3) is 22.0 Å². The minimum absolute atomic E-state index is 0.140. The summed E-state index contributed by atoms with van der Waals surface area (Å²) in [6.45, 7) is 6.67. The maximum absolute atomic E-state index is 14.4. The Kier molecular flexibility index (Phi) is 11.8. The molecular weight excluding hydrogens is 745 g/mol. The number of hydrogen-bond acceptors (Lipinski definition) is 11. The molecule has 0 radical (unpaired) electrons. The van der Waals surface area contributed by atoms with E-state index >= 15 is 0 Å². The number of carbonyl (C=O) groups is 2. The Morgan fingerprint density at radius 2 is 1.68 bits per heavy atom. The summed E-state index contributed by atoms with van der Waals surface area (Å²) in [7, 11) is 4.93. The number of piperazine rings is 1. The molecule has 4 aliphatic rings. The third-order valence-electron chi connectivity index (χ3n) is 12.0. The number of aliphatic hydroxyl groups is 1. The average molecular weight is 797 g/mol. The van der Waals surface area contributed by atoms with Gasteiger partial charge in [0, 0.05) is 75.6 Å². The van der Waals surface area contributed by atoms with Gasteiger partial charge in [-0.05, 0) is 74.4 Å². The van der Waals surface area contributed by atoms with Crippen LogP contribution in [-0.4, -0.2) is 125 Å². The smallest absolute Gasteiger partial charge is 0.416 e. The van der Waals surface area contributed by atoms with E-state index in [1.54, 1.807) is 33.7 Å². The molecule has 0 bridgehead atoms. The van der Waals surface area contributed by atoms with Gasteiger partial charge in [0.15, 0.2) is 0 Å². The SMILES string of the molecule is COc1cc(-c2cn(C)c(=O)c3[nH]ncc23)cc(OC)c1CN1CCN(C(O)CN2CCC(C3=C(C(F)(F)F)C=C(NC4CCC(=O)NC4=O)C(C)C3)CC2)CC1. The van der Waals surface area contributed by atoms with Gasteiger partial charge in [0.05, 0.1) is 31.6 Å². The van der Waals surface area contributed by atoms with Crippen molar-refractivity contribution in [3.05, 3.63) is 63.4 Å². The van der Waals surface area contributed by atoms with Crippen molar-refractivity contribution in [2.24, 2.45) is 18.9 Å². The number of aromatic amines is 1. The molecule has 3 aliphatic heterocycles. The molecule has 14 nitrogen and oxygen atoms in total. The standard InChI is InChI=1S/C40H51F3N8O6/c1-23-15-26(30(40(41,42)43)18-32(23)45-31-5-6-35(52)46-38(31)54)24-7-9-49(10-8-24)22-36(53)51-13-11-50(12-14-51)21-29-33(56-3)16-25(17-34(29)57-4)28-20-48(2)39(55)37-27(28)19-44-47-37/h16-20,23-24,31,36,45,53H,5-15,21-22H2,1-4H3,(H,44,47)(H,46,52,54). The Morgan fingerprint density at radius 3 is 2.32 bits per heavy atom. The van der Waals surface area contributed by atoms with E-state index in [-0.39, 0.29) is 42.6 Å². The van der Waals surface area contributed by atoms with Gasteiger partial charge >= 0.3 is 6.18 Å². The number of amides is 2. The number of piperidine rings is 2. The zero-order valence-electron chi connectivity index (χ0n) is 32.7. The largest absolute Gasteiger partial charge is 0.496 e. The van der Waals surface area contributed by atoms with Crippen molar-refractivity contribution in [3.63, 3.8) is 0 Å². The molecule has 4 N–H and O–H groups in total. The topological polar surface area (TPSA) is 157 Å². The fourth-order valence-corrected chi connectivity index (χ4v) is 8.74. The van der Waals surface area contributed by atoms with Gasteiger partial charge in [-0.25, -0.2) is 0 Å². The first-order chi connectivity index (χ1) is 27.2. The van der Waals surface area contributed by atoms with Gasteiger partial charge in [0.25, 0.3) is 5.56 Å². The fourth-order valence-electron chi connectivity index (χ4n) is 8.74. The molecule has 1 aromatic carbocycles. The number of alkyl halides is 3. The molecule has 3 fully saturated rings. The summed E-state index contributed by atoms with van der Waals surface area (Å²) in [5.74, 6) is -0.0509. The second-order valence-electron chi connectivity index (χ2n) is 15.6. The van der Waals surface area contributed by atoms with Crippen LogP contribution in [0.5, 0.6) is 11.5 Å². The van der Waals surface area contributed by atoms with E-state index in [4.69, 9.17) is 9.47 Å². The second kappa shape index (κ2) is 16.6. The van der Waals surface area contributed by atoms with Crippen LogP contribution < -0.4 is 25.7 Å². The lowest BCUT2D eigenvalue weighted by Gasteiger charge is -2.41. The molecule has 0 spiro atoms. The predicted molar refractivity (Wildman–Crippen MR) is 206 cm³/mol. The molecule has 3 unspecified atom stereocenters. The third kappa shape index (κ3) is 8.61. The number of imide groups is 1. The van der Waals surface area contributed by atoms with Crippen molar-refractivity contribution in [1.82, 2.24) is 40.1 Å². The molecular formula is C40H51F3N8O6. The lowest BCUT2D eigenvalue weighted by molar-refractivity contribution is -0.134. The number of H-pyrrole nitrogens is 1. The number of aromatic nitrogens is 3. The Labute approximate surface area is 328 Å². The number of allylic oxidation sites excluding steroid dienone is 4. The summed E-state index contributed by atoms with van der Waals surface area (Å²) < 4.78 is 56.6. The van der Waals surface area contributed by atoms with Crippen LogP contribution in [0.2, 0.25) is 0 Å². The maximum atomic E-state index is 14.4. The summed E-state index contributed by atoms with van der Waals surface area (Å²) >= 11 is 0. The highest BCUT2D eigenvalue weighted by Crippen LogP contribution is 2.43. The van der Waals surface area contributed by atoms with Gasteiger partial charge in [0.2, 0.25) is 11.8 Å². The molecule has 2 amide bonds. The summed E-state index contributed by atoms with van der Waals surface area (Å²) in [4.78, 5) is 42.9. The van der Waals surface area contributed by atoms with E-state index in [9.17, 15) is 32.7 Å². The Bertz CT molecular complexity index is 2090. The number of pyridine rings is 1. The number of ether oxygens (including phenoxy) is 2. The lowest BCUT2D eigenvalue weighted by atomic mass is 9.77. The highest BCUT2D eigenvalue weighted by atomic mass is 19.4. The van der Waals surface area contributed by atoms with Gasteiger partial charge in [-0.3, -0.25) is 39.5 Å². The minimum Gasteiger partial charge on any atom is -0.496 e. The van der Waals surface area contributed by atoms with Crippen molar-refractivity contribution in [3.8, 4) is 22.6 Å². The normalized spacial score (nSPS) is 22.8. The highest BCUT2D eigenvalue weighted by molar-refractivity contribution is 6.00. The molecule has 7 rings (SSSR count). The fraction of sp³-hybridized carbons (Fsp3) is 0.550.